The molecule has 0 unspecified atom stereocenters. The lowest BCUT2D eigenvalue weighted by molar-refractivity contribution is -0.140. The predicted octanol–water partition coefficient (Wildman–Crippen LogP) is 7.08. The van der Waals surface area contributed by atoms with Gasteiger partial charge in [0, 0.05) is 53.8 Å². The van der Waals surface area contributed by atoms with Crippen LogP contribution in [0, 0.1) is 29.6 Å². The lowest BCUT2D eigenvalue weighted by Crippen LogP contribution is -2.45. The molecule has 0 spiro atoms. The van der Waals surface area contributed by atoms with Crippen LogP contribution >= 0.6 is 0 Å². The van der Waals surface area contributed by atoms with Crippen molar-refractivity contribution < 1.29 is 24.0 Å². The topological polar surface area (TPSA) is 104 Å². The molecular weight excluding hydrogens is 651 g/mol. The average Bonchev–Trinajstić information content (AvgIpc) is 3.60. The molecule has 0 bridgehead atoms. The van der Waals surface area contributed by atoms with Crippen molar-refractivity contribution >= 4 is 29.2 Å². The van der Waals surface area contributed by atoms with Gasteiger partial charge in [0.25, 0.3) is 0 Å². The monoisotopic (exact) mass is 713 g/mol. The van der Waals surface area contributed by atoms with E-state index in [9.17, 15) is 24.0 Å². The second-order valence-electron chi connectivity index (χ2n) is 16.5. The first kappa shape index (κ1) is 41.1. The van der Waals surface area contributed by atoms with E-state index in [0.29, 0.717) is 66.5 Å². The van der Waals surface area contributed by atoms with Gasteiger partial charge in [0.05, 0.1) is 12.0 Å². The highest BCUT2D eigenvalue weighted by molar-refractivity contribution is 6.24. The van der Waals surface area contributed by atoms with Crippen LogP contribution in [-0.4, -0.2) is 77.2 Å². The molecular formula is C44H63N3O5. The fourth-order valence-electron chi connectivity index (χ4n) is 8.25. The Bertz CT molecular complexity index is 1550. The highest BCUT2D eigenvalue weighted by Crippen LogP contribution is 2.31. The Morgan fingerprint density at radius 3 is 2.13 bits per heavy atom. The number of amides is 2. The molecule has 284 valence electrons. The highest BCUT2D eigenvalue weighted by Gasteiger charge is 2.39. The molecule has 1 N–H and O–H groups in total. The number of allylic oxidation sites excluding steroid dienone is 4. The maximum absolute atomic E-state index is 14.2. The third-order valence-corrected chi connectivity index (χ3v) is 11.3. The predicted molar refractivity (Wildman–Crippen MR) is 207 cm³/mol. The first-order valence-electron chi connectivity index (χ1n) is 19.7. The maximum Gasteiger partial charge on any atom is 0.230 e. The minimum atomic E-state index is -0.517. The number of rotatable bonds is 16. The molecule has 2 saturated heterocycles. The second kappa shape index (κ2) is 18.9. The molecule has 2 fully saturated rings. The van der Waals surface area contributed by atoms with Crippen LogP contribution in [0.4, 0.5) is 0 Å². The Hall–Kier alpha value is -3.65. The molecule has 4 atom stereocenters. The summed E-state index contributed by atoms with van der Waals surface area (Å²) < 4.78 is 0. The number of piperidine rings is 1. The molecule has 3 aliphatic rings. The fourth-order valence-corrected chi connectivity index (χ4v) is 8.25. The van der Waals surface area contributed by atoms with E-state index in [0.717, 1.165) is 44.3 Å². The number of hydrogen-bond donors (Lipinski definition) is 1. The van der Waals surface area contributed by atoms with Crippen molar-refractivity contribution in [1.29, 1.82) is 0 Å². The first-order valence-corrected chi connectivity index (χ1v) is 19.7. The molecule has 4 rings (SSSR count). The third-order valence-electron chi connectivity index (χ3n) is 11.3. The number of hydrogen-bond acceptors (Lipinski definition) is 6. The fraction of sp³-hybridized carbons (Fsp3) is 0.614. The molecule has 2 aliphatic heterocycles. The van der Waals surface area contributed by atoms with Crippen LogP contribution < -0.4 is 5.32 Å². The minimum Gasteiger partial charge on any atom is -0.354 e. The van der Waals surface area contributed by atoms with E-state index in [1.807, 2.05) is 32.0 Å². The smallest absolute Gasteiger partial charge is 0.230 e. The van der Waals surface area contributed by atoms with Gasteiger partial charge in [0.1, 0.15) is 0 Å². The standard InChI is InChI=1S/C44H63N3O5/c1-28(2)23-30(5)16-17-36(24-34-13-10-9-11-14-34)44(52)47-20-12-15-39(47)40(48)26-37(43(51)45-29(3)4)25-35-18-21-46(22-19-35)27-38-33(8)41(49)31(6)32(7)42(38)50/h9-11,13-14,16-17,28-30,35-37,39H,12,15,18-27H2,1-8H3,(H,45,51)/b17-16+/t30-,36-,37-,39+/m1/s1. The van der Waals surface area contributed by atoms with Crippen molar-refractivity contribution in [2.45, 2.75) is 119 Å². The Balaban J connectivity index is 1.43. The van der Waals surface area contributed by atoms with Gasteiger partial charge in [-0.15, -0.1) is 0 Å². The van der Waals surface area contributed by atoms with E-state index in [-0.39, 0.29) is 53.5 Å². The van der Waals surface area contributed by atoms with Gasteiger partial charge < -0.3 is 10.2 Å². The van der Waals surface area contributed by atoms with Crippen LogP contribution in [0.25, 0.3) is 0 Å². The number of nitrogens with zero attached hydrogens (tertiary/aromatic N) is 2. The molecule has 0 aromatic heterocycles. The van der Waals surface area contributed by atoms with Gasteiger partial charge >= 0.3 is 0 Å². The highest BCUT2D eigenvalue weighted by atomic mass is 16.2. The van der Waals surface area contributed by atoms with Crippen molar-refractivity contribution in [2.24, 2.45) is 29.6 Å². The first-order chi connectivity index (χ1) is 24.7. The van der Waals surface area contributed by atoms with E-state index < -0.39 is 12.0 Å². The summed E-state index contributed by atoms with van der Waals surface area (Å²) in [7, 11) is 0. The summed E-state index contributed by atoms with van der Waals surface area (Å²) in [6.07, 6.45) is 9.66. The van der Waals surface area contributed by atoms with Crippen LogP contribution in [0.1, 0.15) is 106 Å². The zero-order chi connectivity index (χ0) is 38.1. The number of benzene rings is 1. The molecule has 1 aromatic rings. The molecule has 2 amide bonds. The van der Waals surface area contributed by atoms with Gasteiger partial charge in [-0.25, -0.2) is 0 Å². The molecule has 2 heterocycles. The summed E-state index contributed by atoms with van der Waals surface area (Å²) >= 11 is 0. The lowest BCUT2D eigenvalue weighted by atomic mass is 9.82. The van der Waals surface area contributed by atoms with E-state index in [1.165, 1.54) is 0 Å². The largest absolute Gasteiger partial charge is 0.354 e. The molecule has 52 heavy (non-hydrogen) atoms. The number of ketones is 3. The second-order valence-corrected chi connectivity index (χ2v) is 16.5. The van der Waals surface area contributed by atoms with Gasteiger partial charge in [0.15, 0.2) is 17.3 Å². The maximum atomic E-state index is 14.2. The zero-order valence-corrected chi connectivity index (χ0v) is 33.0. The van der Waals surface area contributed by atoms with Crippen molar-refractivity contribution in [1.82, 2.24) is 15.1 Å². The van der Waals surface area contributed by atoms with Gasteiger partial charge in [-0.2, -0.15) is 0 Å². The normalized spacial score (nSPS) is 21.1. The van der Waals surface area contributed by atoms with Crippen molar-refractivity contribution in [3.05, 3.63) is 70.3 Å². The average molecular weight is 714 g/mol. The summed E-state index contributed by atoms with van der Waals surface area (Å²) in [5, 5.41) is 3.06. The molecule has 0 radical (unpaired) electrons. The van der Waals surface area contributed by atoms with E-state index >= 15 is 0 Å². The van der Waals surface area contributed by atoms with E-state index in [1.54, 1.807) is 25.7 Å². The van der Waals surface area contributed by atoms with Gasteiger partial charge in [-0.05, 0) is 116 Å². The lowest BCUT2D eigenvalue weighted by Gasteiger charge is -2.35. The number of carbonyl (C=O) groups is 5. The summed E-state index contributed by atoms with van der Waals surface area (Å²) in [5.41, 5.74) is 3.29. The van der Waals surface area contributed by atoms with Crippen molar-refractivity contribution in [3.8, 4) is 0 Å². The van der Waals surface area contributed by atoms with E-state index in [4.69, 9.17) is 0 Å². The van der Waals surface area contributed by atoms with Gasteiger partial charge in [0.2, 0.25) is 11.8 Å². The minimum absolute atomic E-state index is 0.00685. The van der Waals surface area contributed by atoms with Crippen LogP contribution in [0.2, 0.25) is 0 Å². The van der Waals surface area contributed by atoms with Crippen LogP contribution in [0.3, 0.4) is 0 Å². The zero-order valence-electron chi connectivity index (χ0n) is 33.0. The van der Waals surface area contributed by atoms with E-state index in [2.05, 4.69) is 55.3 Å². The number of carbonyl (C=O) groups excluding carboxylic acids is 5. The van der Waals surface area contributed by atoms with Crippen LogP contribution in [0.5, 0.6) is 0 Å². The number of nitrogens with one attached hydrogen (secondary N) is 1. The summed E-state index contributed by atoms with van der Waals surface area (Å²) in [4.78, 5) is 71.7. The molecule has 1 aliphatic carbocycles. The van der Waals surface area contributed by atoms with Crippen molar-refractivity contribution in [3.63, 3.8) is 0 Å². The molecule has 1 aromatic carbocycles. The number of Topliss-reactive ketones (excluding diaryl/α,β-unsaturated/α-hetero) is 3. The Morgan fingerprint density at radius 1 is 0.846 bits per heavy atom. The van der Waals surface area contributed by atoms with Crippen LogP contribution in [-0.2, 0) is 30.4 Å². The summed E-state index contributed by atoms with van der Waals surface area (Å²) in [6.45, 7) is 18.2. The number of likely N-dealkylation sites (tertiary alicyclic amines) is 2. The summed E-state index contributed by atoms with van der Waals surface area (Å²) in [6, 6.07) is 9.50. The summed E-state index contributed by atoms with van der Waals surface area (Å²) in [5.74, 6) is 0.108. The quantitative estimate of drug-likeness (QED) is 0.145. The van der Waals surface area contributed by atoms with Crippen molar-refractivity contribution in [2.75, 3.05) is 26.2 Å². The third kappa shape index (κ3) is 10.9. The Morgan fingerprint density at radius 2 is 1.50 bits per heavy atom. The molecule has 0 saturated carbocycles. The Labute approximate surface area is 312 Å². The molecule has 8 heteroatoms. The van der Waals surface area contributed by atoms with Crippen LogP contribution in [0.15, 0.2) is 64.8 Å². The van der Waals surface area contributed by atoms with Gasteiger partial charge in [-0.3, -0.25) is 28.9 Å². The Kier molecular flexibility index (Phi) is 14.9. The van der Waals surface area contributed by atoms with Gasteiger partial charge in [-0.1, -0.05) is 63.3 Å². The molecule has 8 nitrogen and oxygen atoms in total. The SMILES string of the molecule is CC1=C(C)C(=O)C(CN2CCC(C[C@H](CC(=O)[C@@H]3CCCN3C(=O)[C@H](/C=C/[C@@H](C)CC(C)C)Cc3ccccc3)C(=O)NC(C)C)CC2)=C(C)C1=O.